The molecule has 0 bridgehead atoms. The number of benzene rings is 1. The van der Waals surface area contributed by atoms with Crippen LogP contribution in [0.4, 0.5) is 0 Å². The van der Waals surface area contributed by atoms with Gasteiger partial charge in [0.2, 0.25) is 0 Å². The number of aromatic nitrogens is 1. The number of fused-ring (bicyclic) bond motifs is 1. The Kier molecular flexibility index (Phi) is 2.97. The molecule has 1 aromatic heterocycles. The van der Waals surface area contributed by atoms with E-state index in [4.69, 9.17) is 0 Å². The molecule has 2 fully saturated rings. The predicted octanol–water partition coefficient (Wildman–Crippen LogP) is 2.04. The molecule has 3 heterocycles. The monoisotopic (exact) mass is 290 g/mol. The summed E-state index contributed by atoms with van der Waals surface area (Å²) in [7, 11) is -2.41. The largest absolute Gasteiger partial charge is 0.361 e. The highest BCUT2D eigenvalue weighted by atomic mass is 31.2. The molecule has 0 spiro atoms. The summed E-state index contributed by atoms with van der Waals surface area (Å²) in [6, 6.07) is 8.32. The van der Waals surface area contributed by atoms with Crippen molar-refractivity contribution in [1.82, 2.24) is 19.4 Å². The molecule has 2 aliphatic heterocycles. The Labute approximate surface area is 118 Å². The SMILES string of the molecule is O=P(NCCc1c[nH]c2ccccc12)(N1CC1)N1CC1. The topological polar surface area (TPSA) is 50.9 Å². The Bertz CT molecular complexity index is 659. The molecular formula is C14H19N4OP. The van der Waals surface area contributed by atoms with Crippen molar-refractivity contribution in [2.45, 2.75) is 6.42 Å². The molecule has 2 aromatic rings. The van der Waals surface area contributed by atoms with Gasteiger partial charge in [0.15, 0.2) is 0 Å². The molecule has 106 valence electrons. The first-order valence-corrected chi connectivity index (χ1v) is 8.80. The summed E-state index contributed by atoms with van der Waals surface area (Å²) in [5, 5.41) is 4.58. The van der Waals surface area contributed by atoms with Crippen LogP contribution in [0.15, 0.2) is 30.5 Å². The van der Waals surface area contributed by atoms with Gasteiger partial charge < -0.3 is 4.98 Å². The maximum absolute atomic E-state index is 12.9. The van der Waals surface area contributed by atoms with Crippen molar-refractivity contribution < 1.29 is 4.57 Å². The third-order valence-corrected chi connectivity index (χ3v) is 6.97. The van der Waals surface area contributed by atoms with Crippen molar-refractivity contribution in [2.75, 3.05) is 32.7 Å². The zero-order chi connectivity index (χ0) is 13.6. The molecular weight excluding hydrogens is 271 g/mol. The van der Waals surface area contributed by atoms with Crippen LogP contribution in [0.3, 0.4) is 0 Å². The lowest BCUT2D eigenvalue weighted by atomic mass is 10.1. The molecule has 2 N–H and O–H groups in total. The van der Waals surface area contributed by atoms with Crippen molar-refractivity contribution >= 4 is 18.5 Å². The molecule has 5 nitrogen and oxygen atoms in total. The van der Waals surface area contributed by atoms with Crippen LogP contribution in [0.25, 0.3) is 10.9 Å². The van der Waals surface area contributed by atoms with Crippen LogP contribution >= 0.6 is 7.59 Å². The summed E-state index contributed by atoms with van der Waals surface area (Å²) in [4.78, 5) is 3.29. The molecule has 2 aliphatic rings. The first-order valence-electron chi connectivity index (χ1n) is 7.18. The van der Waals surface area contributed by atoms with Crippen LogP contribution in [-0.2, 0) is 11.0 Å². The summed E-state index contributed by atoms with van der Waals surface area (Å²) in [5.74, 6) is 0. The summed E-state index contributed by atoms with van der Waals surface area (Å²) in [5.41, 5.74) is 2.46. The minimum absolute atomic E-state index is 0.756. The van der Waals surface area contributed by atoms with E-state index in [0.29, 0.717) is 0 Å². The van der Waals surface area contributed by atoms with Crippen molar-refractivity contribution in [1.29, 1.82) is 0 Å². The normalized spacial score (nSPS) is 19.6. The number of H-pyrrole nitrogens is 1. The van der Waals surface area contributed by atoms with Gasteiger partial charge in [0.1, 0.15) is 0 Å². The summed E-state index contributed by atoms with van der Waals surface area (Å²) >= 11 is 0. The third-order valence-electron chi connectivity index (χ3n) is 4.00. The van der Waals surface area contributed by atoms with Crippen LogP contribution in [0.5, 0.6) is 0 Å². The summed E-state index contributed by atoms with van der Waals surface area (Å²) in [6.45, 7) is 4.62. The van der Waals surface area contributed by atoms with E-state index in [-0.39, 0.29) is 0 Å². The van der Waals surface area contributed by atoms with Gasteiger partial charge in [-0.25, -0.2) is 14.4 Å². The highest BCUT2D eigenvalue weighted by molar-refractivity contribution is 7.57. The van der Waals surface area contributed by atoms with E-state index in [9.17, 15) is 4.57 Å². The number of para-hydroxylation sites is 1. The molecule has 1 aromatic carbocycles. The Morgan fingerprint density at radius 1 is 1.15 bits per heavy atom. The van der Waals surface area contributed by atoms with Gasteiger partial charge in [-0.2, -0.15) is 0 Å². The van der Waals surface area contributed by atoms with Crippen molar-refractivity contribution in [3.05, 3.63) is 36.0 Å². The molecule has 4 rings (SSSR count). The molecule has 0 saturated carbocycles. The van der Waals surface area contributed by atoms with Gasteiger partial charge in [-0.1, -0.05) is 18.2 Å². The van der Waals surface area contributed by atoms with Gasteiger partial charge in [-0.15, -0.1) is 0 Å². The lowest BCUT2D eigenvalue weighted by Crippen LogP contribution is -2.23. The highest BCUT2D eigenvalue weighted by Gasteiger charge is 2.47. The second-order valence-electron chi connectivity index (χ2n) is 5.47. The average molecular weight is 290 g/mol. The van der Waals surface area contributed by atoms with E-state index in [2.05, 4.69) is 43.8 Å². The first-order chi connectivity index (χ1) is 9.77. The Morgan fingerprint density at radius 2 is 1.85 bits per heavy atom. The molecule has 0 atom stereocenters. The van der Waals surface area contributed by atoms with Crippen LogP contribution in [0.2, 0.25) is 0 Å². The number of rotatable bonds is 6. The van der Waals surface area contributed by atoms with Crippen LogP contribution in [0.1, 0.15) is 5.56 Å². The number of nitrogens with one attached hydrogen (secondary N) is 2. The second kappa shape index (κ2) is 4.71. The summed E-state index contributed by atoms with van der Waals surface area (Å²) < 4.78 is 17.0. The Morgan fingerprint density at radius 3 is 2.55 bits per heavy atom. The van der Waals surface area contributed by atoms with Crippen LogP contribution in [0, 0.1) is 0 Å². The lowest BCUT2D eigenvalue weighted by molar-refractivity contribution is 0.502. The van der Waals surface area contributed by atoms with Gasteiger partial charge in [0.05, 0.1) is 0 Å². The van der Waals surface area contributed by atoms with Crippen molar-refractivity contribution in [3.63, 3.8) is 0 Å². The molecule has 0 amide bonds. The zero-order valence-electron chi connectivity index (χ0n) is 11.4. The average Bonchev–Trinajstić information content (AvgIpc) is 3.36. The molecule has 2 saturated heterocycles. The van der Waals surface area contributed by atoms with E-state index in [1.807, 2.05) is 6.07 Å². The fourth-order valence-electron chi connectivity index (χ4n) is 2.69. The molecule has 20 heavy (non-hydrogen) atoms. The van der Waals surface area contributed by atoms with Gasteiger partial charge in [-0.3, -0.25) is 4.57 Å². The van der Waals surface area contributed by atoms with Gasteiger partial charge in [-0.05, 0) is 18.1 Å². The maximum atomic E-state index is 12.9. The minimum Gasteiger partial charge on any atom is -0.361 e. The van der Waals surface area contributed by atoms with Gasteiger partial charge in [0.25, 0.3) is 7.59 Å². The number of hydrogen-bond acceptors (Lipinski definition) is 1. The fraction of sp³-hybridized carbons (Fsp3) is 0.429. The molecule has 0 radical (unpaired) electrons. The number of nitrogens with zero attached hydrogens (tertiary/aromatic N) is 2. The third kappa shape index (κ3) is 2.21. The smallest absolute Gasteiger partial charge is 0.284 e. The van der Waals surface area contributed by atoms with Crippen LogP contribution in [-0.4, -0.2) is 47.0 Å². The highest BCUT2D eigenvalue weighted by Crippen LogP contribution is 2.56. The second-order valence-corrected chi connectivity index (χ2v) is 8.00. The van der Waals surface area contributed by atoms with Gasteiger partial charge in [0, 0.05) is 49.8 Å². The Hall–Kier alpha value is -1.13. The standard InChI is InChI=1S/C14H19N4OP/c19-20(17-7-8-17,18-9-10-18)16-6-5-12-11-15-14-4-2-1-3-13(12)14/h1-4,11,15H,5-10H2,(H,16,19). The quantitative estimate of drug-likeness (QED) is 0.631. The van der Waals surface area contributed by atoms with E-state index < -0.39 is 7.59 Å². The molecule has 0 unspecified atom stereocenters. The number of aromatic amines is 1. The predicted molar refractivity (Wildman–Crippen MR) is 80.8 cm³/mol. The molecule has 6 heteroatoms. The van der Waals surface area contributed by atoms with E-state index in [1.54, 1.807) is 0 Å². The van der Waals surface area contributed by atoms with E-state index in [0.717, 1.165) is 39.1 Å². The van der Waals surface area contributed by atoms with Crippen molar-refractivity contribution in [2.24, 2.45) is 0 Å². The van der Waals surface area contributed by atoms with E-state index >= 15 is 0 Å². The Balaban J connectivity index is 1.44. The lowest BCUT2D eigenvalue weighted by Gasteiger charge is -2.20. The zero-order valence-corrected chi connectivity index (χ0v) is 12.3. The van der Waals surface area contributed by atoms with E-state index in [1.165, 1.54) is 16.5 Å². The van der Waals surface area contributed by atoms with Gasteiger partial charge >= 0.3 is 0 Å². The summed E-state index contributed by atoms with van der Waals surface area (Å²) in [6.07, 6.45) is 2.96. The molecule has 0 aliphatic carbocycles. The number of hydrogen-bond donors (Lipinski definition) is 2. The maximum Gasteiger partial charge on any atom is 0.284 e. The fourth-order valence-corrected chi connectivity index (χ4v) is 5.11. The first kappa shape index (κ1) is 12.6. The van der Waals surface area contributed by atoms with Crippen molar-refractivity contribution in [3.8, 4) is 0 Å². The van der Waals surface area contributed by atoms with Crippen LogP contribution < -0.4 is 5.09 Å². The minimum atomic E-state index is -2.41.